The fourth-order valence-corrected chi connectivity index (χ4v) is 3.66. The SMILES string of the molecule is [2H]C(=O)c1[nH]c(CCCC)nc1Cl.[2H]C([2H])(O)c1c(Cl)nc(CCCC)n1Cc1ccc(Br)cc1. The summed E-state index contributed by atoms with van der Waals surface area (Å²) >= 11 is 15.1. The van der Waals surface area contributed by atoms with Crippen LogP contribution in [0.1, 0.15) is 77.0 Å². The van der Waals surface area contributed by atoms with E-state index in [4.69, 9.17) is 27.3 Å². The summed E-state index contributed by atoms with van der Waals surface area (Å²) in [6.07, 6.45) is 4.64. The van der Waals surface area contributed by atoms with Gasteiger partial charge in [0.25, 0.3) is 0 Å². The monoisotopic (exact) mass is 545 g/mol. The minimum Gasteiger partial charge on any atom is -0.390 e. The van der Waals surface area contributed by atoms with Crippen LogP contribution in [0.25, 0.3) is 0 Å². The van der Waals surface area contributed by atoms with E-state index in [1.54, 1.807) is 4.57 Å². The molecule has 0 atom stereocenters. The summed E-state index contributed by atoms with van der Waals surface area (Å²) in [5.74, 6) is 1.38. The average molecular weight is 547 g/mol. The Balaban J connectivity index is 0.000000283. The quantitative estimate of drug-likeness (QED) is 0.288. The van der Waals surface area contributed by atoms with Crippen LogP contribution in [0.3, 0.4) is 0 Å². The third-order valence-corrected chi connectivity index (χ3v) is 5.76. The number of unbranched alkanes of at least 4 members (excludes halogenated alkanes) is 2. The maximum atomic E-state index is 10.7. The van der Waals surface area contributed by atoms with E-state index in [2.05, 4.69) is 44.7 Å². The van der Waals surface area contributed by atoms with Gasteiger partial charge in [-0.2, -0.15) is 0 Å². The third kappa shape index (κ3) is 7.73. The van der Waals surface area contributed by atoms with Crippen molar-refractivity contribution in [3.05, 3.63) is 67.6 Å². The van der Waals surface area contributed by atoms with Crippen molar-refractivity contribution in [1.82, 2.24) is 19.5 Å². The summed E-state index contributed by atoms with van der Waals surface area (Å²) in [6, 6.07) is 7.73. The lowest BCUT2D eigenvalue weighted by atomic mass is 10.2. The fraction of sp³-hybridized carbons (Fsp3) is 0.435. The van der Waals surface area contributed by atoms with Gasteiger partial charge in [0.15, 0.2) is 16.6 Å². The number of aryl methyl sites for hydroxylation is 2. The molecule has 0 saturated carbocycles. The highest BCUT2D eigenvalue weighted by Crippen LogP contribution is 2.21. The van der Waals surface area contributed by atoms with Gasteiger partial charge in [0.1, 0.15) is 18.7 Å². The molecule has 2 aromatic heterocycles. The summed E-state index contributed by atoms with van der Waals surface area (Å²) < 4.78 is 24.7. The number of imidazole rings is 2. The summed E-state index contributed by atoms with van der Waals surface area (Å²) in [5.41, 5.74) is 1.09. The smallest absolute Gasteiger partial charge is 0.169 e. The number of halogens is 3. The Morgan fingerprint density at radius 1 is 1.16 bits per heavy atom. The molecule has 32 heavy (non-hydrogen) atoms. The number of carbonyl (C=O) groups excluding carboxylic acids is 1. The van der Waals surface area contributed by atoms with Crippen molar-refractivity contribution >= 4 is 45.4 Å². The van der Waals surface area contributed by atoms with Crippen molar-refractivity contribution in [1.29, 1.82) is 0 Å². The molecule has 0 bridgehead atoms. The second kappa shape index (κ2) is 13.8. The normalized spacial score (nSPS) is 12.5. The number of aliphatic hydroxyl groups is 1. The minimum atomic E-state index is -2.52. The molecule has 0 radical (unpaired) electrons. The molecule has 0 unspecified atom stereocenters. The van der Waals surface area contributed by atoms with Crippen molar-refractivity contribution in [2.75, 3.05) is 0 Å². The predicted molar refractivity (Wildman–Crippen MR) is 133 cm³/mol. The van der Waals surface area contributed by atoms with Gasteiger partial charge in [0, 0.05) is 23.9 Å². The molecule has 0 aliphatic rings. The number of nitrogens with zero attached hydrogens (tertiary/aromatic N) is 3. The summed E-state index contributed by atoms with van der Waals surface area (Å²) in [6.45, 7) is 2.04. The van der Waals surface area contributed by atoms with Crippen molar-refractivity contribution in [3.63, 3.8) is 0 Å². The van der Waals surface area contributed by atoms with Gasteiger partial charge in [-0.1, -0.05) is 78.0 Å². The molecule has 1 aromatic carbocycles. The minimum absolute atomic E-state index is 0.0168. The molecular weight excluding hydrogens is 515 g/mol. The van der Waals surface area contributed by atoms with Crippen molar-refractivity contribution in [3.8, 4) is 0 Å². The van der Waals surface area contributed by atoms with E-state index in [1.165, 1.54) is 0 Å². The summed E-state index contributed by atoms with van der Waals surface area (Å²) in [4.78, 5) is 21.6. The third-order valence-electron chi connectivity index (χ3n) is 4.70. The lowest BCUT2D eigenvalue weighted by Crippen LogP contribution is -2.09. The molecule has 0 amide bonds. The molecule has 0 saturated heterocycles. The Bertz CT molecular complexity index is 1120. The van der Waals surface area contributed by atoms with Gasteiger partial charge < -0.3 is 14.7 Å². The summed E-state index contributed by atoms with van der Waals surface area (Å²) in [5, 5.41) is 9.92. The number of hydrogen-bond donors (Lipinski definition) is 2. The van der Waals surface area contributed by atoms with E-state index in [1.807, 2.05) is 24.3 Å². The number of hydrogen-bond acceptors (Lipinski definition) is 4. The number of carbonyl (C=O) groups is 1. The second-order valence-corrected chi connectivity index (χ2v) is 8.78. The Morgan fingerprint density at radius 3 is 2.38 bits per heavy atom. The maximum Gasteiger partial charge on any atom is 0.169 e. The molecule has 174 valence electrons. The first-order valence-electron chi connectivity index (χ1n) is 11.9. The highest BCUT2D eigenvalue weighted by atomic mass is 79.9. The van der Waals surface area contributed by atoms with E-state index >= 15 is 0 Å². The van der Waals surface area contributed by atoms with Gasteiger partial charge in [-0.05, 0) is 30.5 Å². The second-order valence-electron chi connectivity index (χ2n) is 7.15. The molecule has 2 heterocycles. The van der Waals surface area contributed by atoms with Gasteiger partial charge in [0.2, 0.25) is 0 Å². The van der Waals surface area contributed by atoms with E-state index in [9.17, 15) is 9.90 Å². The van der Waals surface area contributed by atoms with Gasteiger partial charge >= 0.3 is 0 Å². The zero-order chi connectivity index (χ0) is 26.2. The van der Waals surface area contributed by atoms with Crippen LogP contribution in [0.5, 0.6) is 0 Å². The van der Waals surface area contributed by atoms with Crippen LogP contribution in [0.4, 0.5) is 0 Å². The average Bonchev–Trinajstić information content (AvgIpc) is 3.31. The van der Waals surface area contributed by atoms with Crippen LogP contribution in [0.2, 0.25) is 10.3 Å². The van der Waals surface area contributed by atoms with E-state index < -0.39 is 12.8 Å². The largest absolute Gasteiger partial charge is 0.390 e. The number of rotatable bonds is 10. The molecule has 0 aliphatic carbocycles. The molecule has 3 aromatic rings. The number of aromatic nitrogens is 4. The molecule has 0 aliphatic heterocycles. The number of aromatic amines is 1. The van der Waals surface area contributed by atoms with Gasteiger partial charge in [-0.3, -0.25) is 4.79 Å². The van der Waals surface area contributed by atoms with E-state index in [-0.39, 0.29) is 21.7 Å². The van der Waals surface area contributed by atoms with Crippen molar-refractivity contribution < 1.29 is 14.0 Å². The highest BCUT2D eigenvalue weighted by molar-refractivity contribution is 9.10. The topological polar surface area (TPSA) is 83.8 Å². The first-order chi connectivity index (χ1) is 16.5. The lowest BCUT2D eigenvalue weighted by Gasteiger charge is -2.11. The number of nitrogens with one attached hydrogen (secondary N) is 1. The Labute approximate surface area is 211 Å². The van der Waals surface area contributed by atoms with Crippen molar-refractivity contribution in [2.24, 2.45) is 0 Å². The Hall–Kier alpha value is -1.67. The van der Waals surface area contributed by atoms with Crippen molar-refractivity contribution in [2.45, 2.75) is 65.5 Å². The molecular formula is C23H29BrCl2N4O2. The van der Waals surface area contributed by atoms with Crippen LogP contribution < -0.4 is 0 Å². The summed E-state index contributed by atoms with van der Waals surface area (Å²) in [7, 11) is 0. The predicted octanol–water partition coefficient (Wildman–Crippen LogP) is 6.40. The van der Waals surface area contributed by atoms with Crippen LogP contribution in [0.15, 0.2) is 28.7 Å². The van der Waals surface area contributed by atoms with Crippen LogP contribution >= 0.6 is 39.1 Å². The molecule has 9 heteroatoms. The molecule has 3 rings (SSSR count). The van der Waals surface area contributed by atoms with Crippen LogP contribution in [-0.2, 0) is 25.9 Å². The molecule has 0 spiro atoms. The molecule has 6 nitrogen and oxygen atoms in total. The van der Waals surface area contributed by atoms with Crippen LogP contribution in [0, 0.1) is 0 Å². The van der Waals surface area contributed by atoms with E-state index in [0.717, 1.165) is 42.1 Å². The van der Waals surface area contributed by atoms with Gasteiger partial charge in [-0.25, -0.2) is 9.97 Å². The van der Waals surface area contributed by atoms with Crippen LogP contribution in [-0.4, -0.2) is 30.9 Å². The number of H-pyrrole nitrogens is 1. The first kappa shape index (κ1) is 22.1. The highest BCUT2D eigenvalue weighted by Gasteiger charge is 2.15. The zero-order valence-electron chi connectivity index (χ0n) is 21.1. The Morgan fingerprint density at radius 2 is 1.81 bits per heavy atom. The molecule has 0 fully saturated rings. The fourth-order valence-electron chi connectivity index (χ4n) is 2.97. The number of benzene rings is 1. The molecule has 2 N–H and O–H groups in total. The Kier molecular flexibility index (Phi) is 9.53. The first-order valence-corrected chi connectivity index (χ1v) is 12.0. The lowest BCUT2D eigenvalue weighted by molar-refractivity contribution is 0.111. The standard InChI is InChI=1S/C15H18BrClN2O.C8H11ClN2O/c1-2-3-4-14-18-15(17)13(10-20)19(14)9-11-5-7-12(16)8-6-11;1-2-3-4-7-10-6(5-12)8(9)11-7/h5-8,20H,2-4,9-10H2,1H3;5H,2-4H2,1H3,(H,10,11)/i10D2;5D. The van der Waals surface area contributed by atoms with E-state index in [0.29, 0.717) is 24.6 Å². The van der Waals surface area contributed by atoms with Gasteiger partial charge in [-0.15, -0.1) is 0 Å². The maximum absolute atomic E-state index is 10.7. The van der Waals surface area contributed by atoms with Gasteiger partial charge in [0.05, 0.1) is 15.0 Å². The zero-order valence-corrected chi connectivity index (χ0v) is 21.2. The number of aldehydes is 1.